The number of piperidine rings is 1. The van der Waals surface area contributed by atoms with Gasteiger partial charge in [-0.25, -0.2) is 8.78 Å². The summed E-state index contributed by atoms with van der Waals surface area (Å²) >= 11 is 0. The van der Waals surface area contributed by atoms with E-state index < -0.39 is 11.6 Å². The summed E-state index contributed by atoms with van der Waals surface area (Å²) in [5, 5.41) is 3.61. The Bertz CT molecular complexity index is 486. The summed E-state index contributed by atoms with van der Waals surface area (Å²) in [5.74, 6) is -1.51. The van der Waals surface area contributed by atoms with Crippen molar-refractivity contribution in [2.45, 2.75) is 57.2 Å². The van der Waals surface area contributed by atoms with Crippen molar-refractivity contribution in [1.29, 1.82) is 0 Å². The number of hydrogen-bond acceptors (Lipinski definition) is 2. The number of benzene rings is 1. The summed E-state index contributed by atoms with van der Waals surface area (Å²) in [5.41, 5.74) is 0.874. The fraction of sp³-hybridized carbons (Fsp3) is 0.647. The van der Waals surface area contributed by atoms with Crippen molar-refractivity contribution in [2.75, 3.05) is 13.1 Å². The number of nitrogens with zero attached hydrogens (tertiary/aromatic N) is 1. The molecular weight excluding hydrogens is 270 g/mol. The van der Waals surface area contributed by atoms with Crippen LogP contribution >= 0.6 is 0 Å². The Balaban J connectivity index is 1.79. The number of nitrogens with one attached hydrogen (secondary N) is 1. The minimum absolute atomic E-state index is 0.132. The van der Waals surface area contributed by atoms with Crippen LogP contribution < -0.4 is 5.32 Å². The average molecular weight is 294 g/mol. The predicted molar refractivity (Wildman–Crippen MR) is 80.1 cm³/mol. The second-order valence-electron chi connectivity index (χ2n) is 6.35. The van der Waals surface area contributed by atoms with Gasteiger partial charge in [-0.1, -0.05) is 12.5 Å². The molecule has 116 valence electrons. The molecule has 0 radical (unpaired) electrons. The Morgan fingerprint density at radius 1 is 1.14 bits per heavy atom. The first-order valence-electron chi connectivity index (χ1n) is 8.11. The summed E-state index contributed by atoms with van der Waals surface area (Å²) in [6.45, 7) is 4.26. The van der Waals surface area contributed by atoms with Gasteiger partial charge in [-0.15, -0.1) is 0 Å². The lowest BCUT2D eigenvalue weighted by molar-refractivity contribution is 0.0801. The molecule has 0 aliphatic carbocycles. The predicted octanol–water partition coefficient (Wildman–Crippen LogP) is 3.63. The second kappa shape index (κ2) is 6.41. The second-order valence-corrected chi connectivity index (χ2v) is 6.35. The highest BCUT2D eigenvalue weighted by Crippen LogP contribution is 2.32. The molecule has 1 aromatic carbocycles. The van der Waals surface area contributed by atoms with E-state index in [1.807, 2.05) is 0 Å². The van der Waals surface area contributed by atoms with E-state index in [9.17, 15) is 8.78 Å². The highest BCUT2D eigenvalue weighted by molar-refractivity contribution is 5.21. The molecule has 2 aliphatic rings. The minimum Gasteiger partial charge on any atom is -0.312 e. The van der Waals surface area contributed by atoms with E-state index in [2.05, 4.69) is 17.1 Å². The molecule has 3 atom stereocenters. The van der Waals surface area contributed by atoms with Crippen molar-refractivity contribution in [1.82, 2.24) is 10.2 Å². The van der Waals surface area contributed by atoms with Crippen molar-refractivity contribution >= 4 is 0 Å². The molecule has 21 heavy (non-hydrogen) atoms. The van der Waals surface area contributed by atoms with Gasteiger partial charge in [0.2, 0.25) is 0 Å². The monoisotopic (exact) mass is 294 g/mol. The Labute approximate surface area is 125 Å². The lowest BCUT2D eigenvalue weighted by Gasteiger charge is -2.43. The number of likely N-dealkylation sites (tertiary alicyclic amines) is 1. The van der Waals surface area contributed by atoms with Crippen LogP contribution in [-0.4, -0.2) is 30.1 Å². The van der Waals surface area contributed by atoms with Gasteiger partial charge in [0, 0.05) is 18.1 Å². The van der Waals surface area contributed by atoms with Crippen molar-refractivity contribution in [3.05, 3.63) is 35.4 Å². The Morgan fingerprint density at radius 2 is 2.00 bits per heavy atom. The van der Waals surface area contributed by atoms with Crippen molar-refractivity contribution in [3.63, 3.8) is 0 Å². The van der Waals surface area contributed by atoms with Crippen LogP contribution in [0.5, 0.6) is 0 Å². The standard InChI is InChI=1S/C17H24F2N2/c1-12(13-7-8-14(18)15(19)11-13)21-10-3-2-6-17(21)16-5-4-9-20-16/h7-8,11-12,16-17,20H,2-6,9-10H2,1H3. The molecule has 1 N–H and O–H groups in total. The number of hydrogen-bond donors (Lipinski definition) is 1. The maximum atomic E-state index is 13.5. The van der Waals surface area contributed by atoms with Crippen LogP contribution in [-0.2, 0) is 0 Å². The first kappa shape index (κ1) is 14.9. The molecule has 2 aliphatic heterocycles. The topological polar surface area (TPSA) is 15.3 Å². The van der Waals surface area contributed by atoms with E-state index in [0.717, 1.165) is 18.7 Å². The Morgan fingerprint density at radius 3 is 2.71 bits per heavy atom. The first-order chi connectivity index (χ1) is 10.2. The molecule has 3 rings (SSSR count). The lowest BCUT2D eigenvalue weighted by atomic mass is 9.91. The van der Waals surface area contributed by atoms with Gasteiger partial charge in [-0.3, -0.25) is 4.90 Å². The maximum absolute atomic E-state index is 13.5. The van der Waals surface area contributed by atoms with Gasteiger partial charge < -0.3 is 5.32 Å². The van der Waals surface area contributed by atoms with E-state index in [-0.39, 0.29) is 6.04 Å². The largest absolute Gasteiger partial charge is 0.312 e. The molecule has 3 unspecified atom stereocenters. The van der Waals surface area contributed by atoms with Gasteiger partial charge in [-0.2, -0.15) is 0 Å². The van der Waals surface area contributed by atoms with Crippen LogP contribution in [0.15, 0.2) is 18.2 Å². The molecule has 0 spiro atoms. The molecular formula is C17H24F2N2. The number of rotatable bonds is 3. The van der Waals surface area contributed by atoms with Gasteiger partial charge in [0.15, 0.2) is 11.6 Å². The van der Waals surface area contributed by atoms with Crippen LogP contribution in [0.1, 0.15) is 50.6 Å². The Kier molecular flexibility index (Phi) is 4.55. The van der Waals surface area contributed by atoms with Crippen LogP contribution in [0.2, 0.25) is 0 Å². The van der Waals surface area contributed by atoms with Crippen LogP contribution in [0.25, 0.3) is 0 Å². The first-order valence-corrected chi connectivity index (χ1v) is 8.11. The highest BCUT2D eigenvalue weighted by atomic mass is 19.2. The minimum atomic E-state index is -0.765. The van der Waals surface area contributed by atoms with E-state index in [1.165, 1.54) is 44.2 Å². The smallest absolute Gasteiger partial charge is 0.159 e. The van der Waals surface area contributed by atoms with Crippen LogP contribution in [0.4, 0.5) is 8.78 Å². The number of halogens is 2. The summed E-state index contributed by atoms with van der Waals surface area (Å²) < 4.78 is 26.6. The van der Waals surface area contributed by atoms with Crippen molar-refractivity contribution in [2.24, 2.45) is 0 Å². The summed E-state index contributed by atoms with van der Waals surface area (Å²) in [4.78, 5) is 2.49. The van der Waals surface area contributed by atoms with E-state index in [1.54, 1.807) is 6.07 Å². The highest BCUT2D eigenvalue weighted by Gasteiger charge is 2.34. The third kappa shape index (κ3) is 3.11. The molecule has 2 fully saturated rings. The average Bonchev–Trinajstić information content (AvgIpc) is 3.03. The third-order valence-electron chi connectivity index (χ3n) is 5.08. The normalized spacial score (nSPS) is 28.7. The quantitative estimate of drug-likeness (QED) is 0.915. The van der Waals surface area contributed by atoms with Gasteiger partial charge >= 0.3 is 0 Å². The van der Waals surface area contributed by atoms with Gasteiger partial charge in [0.05, 0.1) is 0 Å². The van der Waals surface area contributed by atoms with Crippen molar-refractivity contribution in [3.8, 4) is 0 Å². The van der Waals surface area contributed by atoms with Gasteiger partial charge in [-0.05, 0) is 63.4 Å². The molecule has 4 heteroatoms. The van der Waals surface area contributed by atoms with Gasteiger partial charge in [0.1, 0.15) is 0 Å². The molecule has 0 bridgehead atoms. The SMILES string of the molecule is CC(c1ccc(F)c(F)c1)N1CCCCC1C1CCCN1. The summed E-state index contributed by atoms with van der Waals surface area (Å²) in [7, 11) is 0. The summed E-state index contributed by atoms with van der Waals surface area (Å²) in [6.07, 6.45) is 6.13. The van der Waals surface area contributed by atoms with Crippen LogP contribution in [0, 0.1) is 11.6 Å². The molecule has 0 amide bonds. The zero-order valence-corrected chi connectivity index (χ0v) is 12.6. The van der Waals surface area contributed by atoms with Crippen molar-refractivity contribution < 1.29 is 8.78 Å². The molecule has 0 aromatic heterocycles. The van der Waals surface area contributed by atoms with E-state index in [4.69, 9.17) is 0 Å². The zero-order valence-electron chi connectivity index (χ0n) is 12.6. The fourth-order valence-corrected chi connectivity index (χ4v) is 3.90. The Hall–Kier alpha value is -1.00. The molecule has 1 aromatic rings. The van der Waals surface area contributed by atoms with E-state index in [0.29, 0.717) is 12.1 Å². The fourth-order valence-electron chi connectivity index (χ4n) is 3.90. The molecule has 2 heterocycles. The zero-order chi connectivity index (χ0) is 14.8. The third-order valence-corrected chi connectivity index (χ3v) is 5.08. The summed E-state index contributed by atoms with van der Waals surface area (Å²) in [6, 6.07) is 5.52. The van der Waals surface area contributed by atoms with Gasteiger partial charge in [0.25, 0.3) is 0 Å². The lowest BCUT2D eigenvalue weighted by Crippen LogP contribution is -2.50. The van der Waals surface area contributed by atoms with E-state index >= 15 is 0 Å². The maximum Gasteiger partial charge on any atom is 0.159 e. The van der Waals surface area contributed by atoms with Crippen LogP contribution in [0.3, 0.4) is 0 Å². The molecule has 0 saturated carbocycles. The molecule has 2 saturated heterocycles. The molecule has 2 nitrogen and oxygen atoms in total.